The fraction of sp³-hybridized carbons (Fsp3) is 0.500. The maximum absolute atomic E-state index is 11.8. The Morgan fingerprint density at radius 2 is 2.24 bits per heavy atom. The summed E-state index contributed by atoms with van der Waals surface area (Å²) < 4.78 is 0. The van der Waals surface area contributed by atoms with Crippen LogP contribution in [-0.4, -0.2) is 35.3 Å². The third-order valence-electron chi connectivity index (χ3n) is 3.14. The van der Waals surface area contributed by atoms with Gasteiger partial charge in [0.1, 0.15) is 5.54 Å². The average molecular weight is 252 g/mol. The van der Waals surface area contributed by atoms with Gasteiger partial charge in [-0.2, -0.15) is 11.3 Å². The van der Waals surface area contributed by atoms with E-state index >= 15 is 0 Å². The maximum atomic E-state index is 11.8. The SMILES string of the molecule is CC1(C)C(=O)NCC(=O)N1CCc1ccsc1. The molecule has 4 nitrogen and oxygen atoms in total. The lowest BCUT2D eigenvalue weighted by Gasteiger charge is -2.41. The molecule has 2 rings (SSSR count). The second-order valence-electron chi connectivity index (χ2n) is 4.67. The molecule has 1 N–H and O–H groups in total. The Hall–Kier alpha value is -1.36. The summed E-state index contributed by atoms with van der Waals surface area (Å²) in [6, 6.07) is 2.05. The summed E-state index contributed by atoms with van der Waals surface area (Å²) >= 11 is 1.64. The van der Waals surface area contributed by atoms with Crippen LogP contribution in [0.1, 0.15) is 19.4 Å². The summed E-state index contributed by atoms with van der Waals surface area (Å²) in [4.78, 5) is 25.2. The summed E-state index contributed by atoms with van der Waals surface area (Å²) in [5.74, 6) is -0.0905. The Kier molecular flexibility index (Phi) is 3.19. The fourth-order valence-corrected chi connectivity index (χ4v) is 2.69. The van der Waals surface area contributed by atoms with Crippen molar-refractivity contribution in [2.75, 3.05) is 13.1 Å². The highest BCUT2D eigenvalue weighted by Gasteiger charge is 2.41. The minimum absolute atomic E-state index is 0.00942. The first-order valence-electron chi connectivity index (χ1n) is 5.61. The molecule has 1 aliphatic rings. The number of nitrogens with zero attached hydrogens (tertiary/aromatic N) is 1. The highest BCUT2D eigenvalue weighted by molar-refractivity contribution is 7.07. The normalized spacial score (nSPS) is 19.3. The van der Waals surface area contributed by atoms with Crippen molar-refractivity contribution in [2.24, 2.45) is 0 Å². The van der Waals surface area contributed by atoms with E-state index in [2.05, 4.69) is 10.7 Å². The van der Waals surface area contributed by atoms with Gasteiger partial charge < -0.3 is 10.2 Å². The van der Waals surface area contributed by atoms with E-state index in [1.807, 2.05) is 11.4 Å². The Bertz CT molecular complexity index is 426. The lowest BCUT2D eigenvalue weighted by atomic mass is 9.98. The molecule has 1 aromatic heterocycles. The van der Waals surface area contributed by atoms with Crippen molar-refractivity contribution in [1.29, 1.82) is 0 Å². The molecule has 0 aromatic carbocycles. The molecule has 2 heterocycles. The van der Waals surface area contributed by atoms with Crippen LogP contribution in [-0.2, 0) is 16.0 Å². The number of rotatable bonds is 3. The smallest absolute Gasteiger partial charge is 0.245 e. The van der Waals surface area contributed by atoms with Crippen LogP contribution in [0, 0.1) is 0 Å². The van der Waals surface area contributed by atoms with Gasteiger partial charge in [0.15, 0.2) is 0 Å². The minimum Gasteiger partial charge on any atom is -0.345 e. The number of piperazine rings is 1. The number of hydrogen-bond donors (Lipinski definition) is 1. The van der Waals surface area contributed by atoms with Gasteiger partial charge in [0.2, 0.25) is 11.8 Å². The lowest BCUT2D eigenvalue weighted by molar-refractivity contribution is -0.151. The van der Waals surface area contributed by atoms with Crippen LogP contribution in [0.25, 0.3) is 0 Å². The number of nitrogens with one attached hydrogen (secondary N) is 1. The van der Waals surface area contributed by atoms with Crippen molar-refractivity contribution in [3.63, 3.8) is 0 Å². The number of hydrogen-bond acceptors (Lipinski definition) is 3. The van der Waals surface area contributed by atoms with Crippen molar-refractivity contribution in [2.45, 2.75) is 25.8 Å². The predicted molar refractivity (Wildman–Crippen MR) is 66.8 cm³/mol. The summed E-state index contributed by atoms with van der Waals surface area (Å²) in [5.41, 5.74) is 0.468. The van der Waals surface area contributed by atoms with Crippen LogP contribution < -0.4 is 5.32 Å². The van der Waals surface area contributed by atoms with E-state index in [1.165, 1.54) is 5.56 Å². The molecule has 0 spiro atoms. The average Bonchev–Trinajstić information content (AvgIpc) is 2.77. The molecule has 5 heteroatoms. The maximum Gasteiger partial charge on any atom is 0.245 e. The molecular weight excluding hydrogens is 236 g/mol. The first-order chi connectivity index (χ1) is 8.01. The van der Waals surface area contributed by atoms with Gasteiger partial charge in [0.25, 0.3) is 0 Å². The molecule has 0 bridgehead atoms. The van der Waals surface area contributed by atoms with Crippen LogP contribution in [0.2, 0.25) is 0 Å². The zero-order valence-corrected chi connectivity index (χ0v) is 10.8. The van der Waals surface area contributed by atoms with Crippen molar-refractivity contribution in [1.82, 2.24) is 10.2 Å². The summed E-state index contributed by atoms with van der Waals surface area (Å²) in [7, 11) is 0. The minimum atomic E-state index is -0.745. The highest BCUT2D eigenvalue weighted by atomic mass is 32.1. The van der Waals surface area contributed by atoms with E-state index in [-0.39, 0.29) is 18.4 Å². The molecule has 0 unspecified atom stereocenters. The van der Waals surface area contributed by atoms with Crippen molar-refractivity contribution >= 4 is 23.2 Å². The van der Waals surface area contributed by atoms with Gasteiger partial charge in [-0.05, 0) is 42.7 Å². The van der Waals surface area contributed by atoms with Crippen LogP contribution in [0.3, 0.4) is 0 Å². The molecule has 1 aromatic rings. The van der Waals surface area contributed by atoms with E-state index in [0.29, 0.717) is 6.54 Å². The molecule has 1 fully saturated rings. The van der Waals surface area contributed by atoms with E-state index < -0.39 is 5.54 Å². The third kappa shape index (κ3) is 2.34. The number of thiophene rings is 1. The van der Waals surface area contributed by atoms with Crippen molar-refractivity contribution in [3.05, 3.63) is 22.4 Å². The molecule has 2 amide bonds. The second-order valence-corrected chi connectivity index (χ2v) is 5.45. The largest absolute Gasteiger partial charge is 0.345 e. The van der Waals surface area contributed by atoms with Crippen LogP contribution >= 0.6 is 11.3 Å². The molecule has 0 saturated carbocycles. The summed E-state index contributed by atoms with van der Waals surface area (Å²) in [6.45, 7) is 4.28. The first kappa shape index (κ1) is 12.1. The molecule has 1 saturated heterocycles. The summed E-state index contributed by atoms with van der Waals surface area (Å²) in [5, 5.41) is 6.71. The molecule has 0 radical (unpaired) electrons. The number of amides is 2. The highest BCUT2D eigenvalue weighted by Crippen LogP contribution is 2.19. The zero-order chi connectivity index (χ0) is 12.5. The molecule has 0 aliphatic carbocycles. The molecule has 17 heavy (non-hydrogen) atoms. The summed E-state index contributed by atoms with van der Waals surface area (Å²) in [6.07, 6.45) is 0.798. The quantitative estimate of drug-likeness (QED) is 0.873. The molecule has 92 valence electrons. The second kappa shape index (κ2) is 4.49. The Morgan fingerprint density at radius 1 is 1.47 bits per heavy atom. The van der Waals surface area contributed by atoms with Crippen molar-refractivity contribution < 1.29 is 9.59 Å². The van der Waals surface area contributed by atoms with E-state index in [4.69, 9.17) is 0 Å². The number of carbonyl (C=O) groups is 2. The van der Waals surface area contributed by atoms with E-state index in [0.717, 1.165) is 6.42 Å². The van der Waals surface area contributed by atoms with Gasteiger partial charge in [-0.1, -0.05) is 0 Å². The molecule has 0 atom stereocenters. The fourth-order valence-electron chi connectivity index (χ4n) is 1.98. The molecular formula is C12H16N2O2S. The van der Waals surface area contributed by atoms with E-state index in [9.17, 15) is 9.59 Å². The van der Waals surface area contributed by atoms with Crippen LogP contribution in [0.15, 0.2) is 16.8 Å². The zero-order valence-electron chi connectivity index (χ0n) is 10.0. The van der Waals surface area contributed by atoms with E-state index in [1.54, 1.807) is 30.1 Å². The third-order valence-corrected chi connectivity index (χ3v) is 3.87. The van der Waals surface area contributed by atoms with Crippen molar-refractivity contribution in [3.8, 4) is 0 Å². The lowest BCUT2D eigenvalue weighted by Crippen LogP contribution is -2.64. The number of carbonyl (C=O) groups excluding carboxylic acids is 2. The monoisotopic (exact) mass is 252 g/mol. The predicted octanol–water partition coefficient (Wildman–Crippen LogP) is 1.03. The van der Waals surface area contributed by atoms with Gasteiger partial charge in [-0.25, -0.2) is 0 Å². The van der Waals surface area contributed by atoms with Crippen LogP contribution in [0.5, 0.6) is 0 Å². The molecule has 1 aliphatic heterocycles. The van der Waals surface area contributed by atoms with Gasteiger partial charge >= 0.3 is 0 Å². The van der Waals surface area contributed by atoms with Gasteiger partial charge in [-0.3, -0.25) is 9.59 Å². The first-order valence-corrected chi connectivity index (χ1v) is 6.56. The van der Waals surface area contributed by atoms with Gasteiger partial charge in [0.05, 0.1) is 6.54 Å². The Morgan fingerprint density at radius 3 is 2.88 bits per heavy atom. The standard InChI is InChI=1S/C12H16N2O2S/c1-12(2)11(16)13-7-10(15)14(12)5-3-9-4-6-17-8-9/h4,6,8H,3,5,7H2,1-2H3,(H,13,16). The van der Waals surface area contributed by atoms with Crippen LogP contribution in [0.4, 0.5) is 0 Å². The van der Waals surface area contributed by atoms with Gasteiger partial charge in [-0.15, -0.1) is 0 Å². The Balaban J connectivity index is 2.06. The Labute approximate surface area is 105 Å². The topological polar surface area (TPSA) is 49.4 Å². The van der Waals surface area contributed by atoms with Gasteiger partial charge in [0, 0.05) is 6.54 Å².